The molecule has 2 N–H and O–H groups in total. The van der Waals surface area contributed by atoms with Crippen LogP contribution in [0.2, 0.25) is 0 Å². The molecule has 0 amide bonds. The van der Waals surface area contributed by atoms with E-state index < -0.39 is 35.6 Å². The molecule has 1 aliphatic heterocycles. The van der Waals surface area contributed by atoms with Gasteiger partial charge in [0.25, 0.3) is 0 Å². The number of pyridine rings is 1. The van der Waals surface area contributed by atoms with Crippen molar-refractivity contribution >= 4 is 22.7 Å². The number of ether oxygens (including phenoxy) is 1. The lowest BCUT2D eigenvalue weighted by molar-refractivity contribution is -0.155. The second-order valence-electron chi connectivity index (χ2n) is 10.7. The molecule has 0 aliphatic carbocycles. The zero-order valence-electron chi connectivity index (χ0n) is 21.5. The monoisotopic (exact) mass is 481 g/mol. The average molecular weight is 482 g/mol. The van der Waals surface area contributed by atoms with E-state index in [4.69, 9.17) is 4.74 Å². The average Bonchev–Trinajstić information content (AvgIpc) is 2.84. The van der Waals surface area contributed by atoms with Crippen LogP contribution in [0.3, 0.4) is 0 Å². The Morgan fingerprint density at radius 1 is 1.11 bits per heavy atom. The SMILES string of the molecule is C/C1=C/C[C@@H](c2ccc3ncccc3c2)OC(=O)C[C@H](O)C(C)(C)C(=O)[C@H](C)[C@@H](O)[C@@H](C)CCC1. The number of allylic oxidation sites excluding steroid dienone is 1. The van der Waals surface area contributed by atoms with Crippen molar-refractivity contribution in [3.05, 3.63) is 53.7 Å². The normalized spacial score (nSPS) is 30.9. The summed E-state index contributed by atoms with van der Waals surface area (Å²) >= 11 is 0. The lowest BCUT2D eigenvalue weighted by atomic mass is 9.73. The molecule has 0 radical (unpaired) electrons. The molecule has 0 saturated heterocycles. The molecule has 1 aromatic heterocycles. The maximum absolute atomic E-state index is 13.2. The van der Waals surface area contributed by atoms with Gasteiger partial charge < -0.3 is 14.9 Å². The van der Waals surface area contributed by atoms with Crippen molar-refractivity contribution < 1.29 is 24.5 Å². The highest BCUT2D eigenvalue weighted by Crippen LogP contribution is 2.33. The van der Waals surface area contributed by atoms with Gasteiger partial charge in [0.2, 0.25) is 0 Å². The minimum absolute atomic E-state index is 0.0495. The Hall–Kier alpha value is -2.57. The molecule has 5 atom stereocenters. The van der Waals surface area contributed by atoms with Gasteiger partial charge in [0.1, 0.15) is 11.9 Å². The number of hydrogen-bond donors (Lipinski definition) is 2. The van der Waals surface area contributed by atoms with Gasteiger partial charge in [-0.3, -0.25) is 14.6 Å². The van der Waals surface area contributed by atoms with Crippen LogP contribution < -0.4 is 0 Å². The molecule has 2 aromatic rings. The molecule has 3 rings (SSSR count). The molecule has 0 saturated carbocycles. The first-order valence-electron chi connectivity index (χ1n) is 12.6. The number of aliphatic hydroxyl groups excluding tert-OH is 2. The lowest BCUT2D eigenvalue weighted by Crippen LogP contribution is -2.45. The fraction of sp³-hybridized carbons (Fsp3) is 0.552. The second kappa shape index (κ2) is 11.4. The van der Waals surface area contributed by atoms with E-state index in [0.717, 1.165) is 35.7 Å². The number of carbonyl (C=O) groups excluding carboxylic acids is 2. The molecule has 0 fully saturated rings. The largest absolute Gasteiger partial charge is 0.457 e. The summed E-state index contributed by atoms with van der Waals surface area (Å²) in [6, 6.07) is 9.66. The Morgan fingerprint density at radius 2 is 1.86 bits per heavy atom. The van der Waals surface area contributed by atoms with Crippen LogP contribution >= 0.6 is 0 Å². The first kappa shape index (κ1) is 27.0. The summed E-state index contributed by atoms with van der Waals surface area (Å²) < 4.78 is 5.87. The molecule has 1 aliphatic rings. The highest BCUT2D eigenvalue weighted by molar-refractivity contribution is 5.88. The van der Waals surface area contributed by atoms with E-state index >= 15 is 0 Å². The Balaban J connectivity index is 1.91. The van der Waals surface area contributed by atoms with Crippen LogP contribution in [0, 0.1) is 17.3 Å². The number of esters is 1. The van der Waals surface area contributed by atoms with Crippen molar-refractivity contribution in [1.82, 2.24) is 4.98 Å². The maximum Gasteiger partial charge on any atom is 0.309 e. The first-order chi connectivity index (χ1) is 16.5. The predicted molar refractivity (Wildman–Crippen MR) is 137 cm³/mol. The summed E-state index contributed by atoms with van der Waals surface area (Å²) in [5.74, 6) is -1.51. The molecule has 0 bridgehead atoms. The molecule has 6 nitrogen and oxygen atoms in total. The third-order valence-electron chi connectivity index (χ3n) is 7.52. The molecule has 1 aromatic carbocycles. The fourth-order valence-electron chi connectivity index (χ4n) is 4.85. The highest BCUT2D eigenvalue weighted by Gasteiger charge is 2.42. The third-order valence-corrected chi connectivity index (χ3v) is 7.52. The maximum atomic E-state index is 13.2. The van der Waals surface area contributed by atoms with Gasteiger partial charge in [-0.2, -0.15) is 0 Å². The Kier molecular flexibility index (Phi) is 8.84. The summed E-state index contributed by atoms with van der Waals surface area (Å²) in [4.78, 5) is 30.5. The number of rotatable bonds is 1. The van der Waals surface area contributed by atoms with Crippen molar-refractivity contribution in [1.29, 1.82) is 0 Å². The van der Waals surface area contributed by atoms with Crippen molar-refractivity contribution in [2.45, 2.75) is 85.0 Å². The van der Waals surface area contributed by atoms with Gasteiger partial charge in [0, 0.05) is 23.9 Å². The summed E-state index contributed by atoms with van der Waals surface area (Å²) in [6.07, 6.45) is 4.07. The zero-order chi connectivity index (χ0) is 25.8. The van der Waals surface area contributed by atoms with E-state index in [1.807, 2.05) is 37.3 Å². The highest BCUT2D eigenvalue weighted by atomic mass is 16.5. The van der Waals surface area contributed by atoms with Crippen LogP contribution in [0.25, 0.3) is 10.9 Å². The van der Waals surface area contributed by atoms with Gasteiger partial charge in [-0.25, -0.2) is 0 Å². The van der Waals surface area contributed by atoms with Gasteiger partial charge in [-0.05, 0) is 55.9 Å². The van der Waals surface area contributed by atoms with Gasteiger partial charge in [-0.1, -0.05) is 51.5 Å². The van der Waals surface area contributed by atoms with Crippen molar-refractivity contribution in [3.63, 3.8) is 0 Å². The summed E-state index contributed by atoms with van der Waals surface area (Å²) in [6.45, 7) is 8.98. The molecule has 6 heteroatoms. The van der Waals surface area contributed by atoms with Crippen LogP contribution in [-0.2, 0) is 14.3 Å². The van der Waals surface area contributed by atoms with Crippen molar-refractivity contribution in [2.24, 2.45) is 17.3 Å². The molecule has 0 spiro atoms. The molecule has 190 valence electrons. The number of cyclic esters (lactones) is 1. The van der Waals surface area contributed by atoms with Crippen LogP contribution in [0.4, 0.5) is 0 Å². The number of Topliss-reactive ketones (excluding diaryl/α,β-unsaturated/α-hetero) is 1. The molecule has 35 heavy (non-hydrogen) atoms. The van der Waals surface area contributed by atoms with E-state index in [2.05, 4.69) is 18.0 Å². The smallest absolute Gasteiger partial charge is 0.309 e. The van der Waals surface area contributed by atoms with Crippen LogP contribution in [0.1, 0.15) is 78.4 Å². The quantitative estimate of drug-likeness (QED) is 0.423. The van der Waals surface area contributed by atoms with Crippen molar-refractivity contribution in [3.8, 4) is 0 Å². The van der Waals surface area contributed by atoms with E-state index in [-0.39, 0.29) is 18.1 Å². The Labute approximate surface area is 208 Å². The predicted octanol–water partition coefficient (Wildman–Crippen LogP) is 5.32. The van der Waals surface area contributed by atoms with E-state index in [1.54, 1.807) is 27.0 Å². The molecular formula is C29H39NO5. The first-order valence-corrected chi connectivity index (χ1v) is 12.6. The van der Waals surface area contributed by atoms with Crippen molar-refractivity contribution in [2.75, 3.05) is 0 Å². The standard InChI is InChI=1S/C29H39NO5/c1-18-8-6-9-19(2)27(33)20(3)28(34)29(4,5)25(31)17-26(32)35-24(14-11-18)22-12-13-23-21(16-22)10-7-15-30-23/h7,10-13,15-16,19-20,24-25,27,31,33H,6,8-9,14,17H2,1-5H3/b18-11-/t19-,20+,24-,25-,27-/m0/s1. The van der Waals surface area contributed by atoms with E-state index in [1.165, 1.54) is 5.57 Å². The zero-order valence-corrected chi connectivity index (χ0v) is 21.5. The minimum atomic E-state index is -1.22. The lowest BCUT2D eigenvalue weighted by Gasteiger charge is -2.34. The second-order valence-corrected chi connectivity index (χ2v) is 10.7. The van der Waals surface area contributed by atoms with Crippen LogP contribution in [0.5, 0.6) is 0 Å². The number of carbonyl (C=O) groups is 2. The van der Waals surface area contributed by atoms with Gasteiger partial charge >= 0.3 is 5.97 Å². The number of ketones is 1. The summed E-state index contributed by atoms with van der Waals surface area (Å²) in [7, 11) is 0. The topological polar surface area (TPSA) is 96.7 Å². The van der Waals surface area contributed by atoms with Crippen LogP contribution in [-0.4, -0.2) is 39.2 Å². The van der Waals surface area contributed by atoms with Gasteiger partial charge in [0.05, 0.1) is 29.6 Å². The van der Waals surface area contributed by atoms with E-state index in [9.17, 15) is 19.8 Å². The minimum Gasteiger partial charge on any atom is -0.457 e. The fourth-order valence-corrected chi connectivity index (χ4v) is 4.85. The number of aliphatic hydroxyl groups is 2. The molecule has 2 heterocycles. The summed E-state index contributed by atoms with van der Waals surface area (Å²) in [5.41, 5.74) is 1.71. The van der Waals surface area contributed by atoms with Gasteiger partial charge in [0.15, 0.2) is 0 Å². The number of nitrogens with zero attached hydrogens (tertiary/aromatic N) is 1. The molecule has 0 unspecified atom stereocenters. The number of hydrogen-bond acceptors (Lipinski definition) is 6. The number of fused-ring (bicyclic) bond motifs is 1. The Morgan fingerprint density at radius 3 is 2.60 bits per heavy atom. The van der Waals surface area contributed by atoms with E-state index in [0.29, 0.717) is 6.42 Å². The summed E-state index contributed by atoms with van der Waals surface area (Å²) in [5, 5.41) is 22.6. The molecular weight excluding hydrogens is 442 g/mol. The number of benzene rings is 1. The Bertz CT molecular complexity index is 1080. The number of aromatic nitrogens is 1. The van der Waals surface area contributed by atoms with Crippen LogP contribution in [0.15, 0.2) is 48.2 Å². The van der Waals surface area contributed by atoms with Gasteiger partial charge in [-0.15, -0.1) is 0 Å². The third kappa shape index (κ3) is 6.56.